The van der Waals surface area contributed by atoms with Crippen molar-refractivity contribution in [1.82, 2.24) is 9.55 Å². The summed E-state index contributed by atoms with van der Waals surface area (Å²) in [7, 11) is 0. The minimum Gasteiger partial charge on any atom is -0.326 e. The Morgan fingerprint density at radius 1 is 1.25 bits per heavy atom. The van der Waals surface area contributed by atoms with E-state index >= 15 is 0 Å². The molecule has 0 spiro atoms. The van der Waals surface area contributed by atoms with Gasteiger partial charge in [-0.15, -0.1) is 0 Å². The van der Waals surface area contributed by atoms with Gasteiger partial charge in [-0.05, 0) is 42.8 Å². The minimum absolute atomic E-state index is 0.132. The average Bonchev–Trinajstić information content (AvgIpc) is 2.58. The van der Waals surface area contributed by atoms with Gasteiger partial charge < -0.3 is 5.32 Å². The highest BCUT2D eigenvalue weighted by Crippen LogP contribution is 2.20. The van der Waals surface area contributed by atoms with E-state index in [1.54, 1.807) is 18.2 Å². The maximum atomic E-state index is 12.4. The van der Waals surface area contributed by atoms with Gasteiger partial charge in [-0.2, -0.15) is 0 Å². The fourth-order valence-corrected chi connectivity index (χ4v) is 2.68. The lowest BCUT2D eigenvalue weighted by molar-refractivity contribution is -0.116. The summed E-state index contributed by atoms with van der Waals surface area (Å²) in [5.74, 6) is -0.142. The van der Waals surface area contributed by atoms with Crippen LogP contribution in [0.1, 0.15) is 12.0 Å². The first-order chi connectivity index (χ1) is 11.5. The van der Waals surface area contributed by atoms with Crippen LogP contribution in [0.4, 0.5) is 5.69 Å². The third-order valence-electron chi connectivity index (χ3n) is 3.75. The number of para-hydroxylation sites is 1. The summed E-state index contributed by atoms with van der Waals surface area (Å²) in [6, 6.07) is 12.8. The Labute approximate surface area is 147 Å². The average molecular weight is 386 g/mol. The summed E-state index contributed by atoms with van der Waals surface area (Å²) in [6.07, 6.45) is 1.69. The number of fused-ring (bicyclic) bond motifs is 1. The van der Waals surface area contributed by atoms with Crippen molar-refractivity contribution in [2.24, 2.45) is 0 Å². The van der Waals surface area contributed by atoms with Crippen molar-refractivity contribution in [3.05, 3.63) is 69.2 Å². The summed E-state index contributed by atoms with van der Waals surface area (Å²) in [4.78, 5) is 28.7. The molecule has 0 unspecified atom stereocenters. The van der Waals surface area contributed by atoms with E-state index in [1.807, 2.05) is 31.2 Å². The number of carbonyl (C=O) groups is 1. The fraction of sp³-hybridized carbons (Fsp3) is 0.167. The molecule has 122 valence electrons. The standard InChI is InChI=1S/C18H16BrN3O2/c1-12-10-13(6-7-15(12)19)21-17(23)8-9-22-11-20-16-5-3-2-4-14(16)18(22)24/h2-7,10-11H,8-9H2,1H3,(H,21,23). The second-order valence-corrected chi connectivity index (χ2v) is 6.38. The van der Waals surface area contributed by atoms with Crippen molar-refractivity contribution < 1.29 is 4.79 Å². The number of amides is 1. The van der Waals surface area contributed by atoms with Gasteiger partial charge in [0, 0.05) is 23.1 Å². The molecule has 24 heavy (non-hydrogen) atoms. The maximum absolute atomic E-state index is 12.4. The van der Waals surface area contributed by atoms with Crippen molar-refractivity contribution in [1.29, 1.82) is 0 Å². The molecule has 0 aliphatic rings. The van der Waals surface area contributed by atoms with Crippen LogP contribution < -0.4 is 10.9 Å². The summed E-state index contributed by atoms with van der Waals surface area (Å²) in [6.45, 7) is 2.25. The Balaban J connectivity index is 1.69. The van der Waals surface area contributed by atoms with Crippen LogP contribution >= 0.6 is 15.9 Å². The van der Waals surface area contributed by atoms with Crippen LogP contribution in [0.15, 0.2) is 58.1 Å². The maximum Gasteiger partial charge on any atom is 0.261 e. The van der Waals surface area contributed by atoms with E-state index in [4.69, 9.17) is 0 Å². The molecule has 1 aromatic heterocycles. The van der Waals surface area contributed by atoms with E-state index in [1.165, 1.54) is 10.9 Å². The number of rotatable bonds is 4. The second-order valence-electron chi connectivity index (χ2n) is 5.52. The predicted molar refractivity (Wildman–Crippen MR) is 98.1 cm³/mol. The zero-order chi connectivity index (χ0) is 17.1. The molecule has 1 amide bonds. The molecular weight excluding hydrogens is 370 g/mol. The second kappa shape index (κ2) is 6.97. The third kappa shape index (κ3) is 3.54. The van der Waals surface area contributed by atoms with Gasteiger partial charge in [0.25, 0.3) is 5.56 Å². The van der Waals surface area contributed by atoms with E-state index in [0.717, 1.165) is 15.7 Å². The van der Waals surface area contributed by atoms with E-state index in [0.29, 0.717) is 10.9 Å². The van der Waals surface area contributed by atoms with Crippen molar-refractivity contribution >= 4 is 38.4 Å². The molecule has 1 N–H and O–H groups in total. The molecule has 3 aromatic rings. The summed E-state index contributed by atoms with van der Waals surface area (Å²) >= 11 is 3.43. The van der Waals surface area contributed by atoms with Crippen LogP contribution in [-0.2, 0) is 11.3 Å². The minimum atomic E-state index is -0.142. The smallest absolute Gasteiger partial charge is 0.261 e. The van der Waals surface area contributed by atoms with E-state index in [-0.39, 0.29) is 24.4 Å². The number of benzene rings is 2. The molecule has 0 fully saturated rings. The monoisotopic (exact) mass is 385 g/mol. The molecule has 6 heteroatoms. The van der Waals surface area contributed by atoms with Crippen LogP contribution in [0.2, 0.25) is 0 Å². The summed E-state index contributed by atoms with van der Waals surface area (Å²) in [5, 5.41) is 3.40. The van der Waals surface area contributed by atoms with Gasteiger partial charge in [0.15, 0.2) is 0 Å². The van der Waals surface area contributed by atoms with Gasteiger partial charge in [0.1, 0.15) is 0 Å². The van der Waals surface area contributed by atoms with E-state index < -0.39 is 0 Å². The third-order valence-corrected chi connectivity index (χ3v) is 4.64. The molecule has 1 heterocycles. The lowest BCUT2D eigenvalue weighted by Crippen LogP contribution is -2.23. The first-order valence-electron chi connectivity index (χ1n) is 7.55. The van der Waals surface area contributed by atoms with Crippen molar-refractivity contribution in [2.75, 3.05) is 5.32 Å². The van der Waals surface area contributed by atoms with Gasteiger partial charge in [-0.3, -0.25) is 14.2 Å². The Kier molecular flexibility index (Phi) is 4.76. The number of nitrogens with zero attached hydrogens (tertiary/aromatic N) is 2. The zero-order valence-electron chi connectivity index (χ0n) is 13.1. The number of aromatic nitrogens is 2. The number of anilines is 1. The summed E-state index contributed by atoms with van der Waals surface area (Å²) in [5.41, 5.74) is 2.31. The molecule has 5 nitrogen and oxygen atoms in total. The predicted octanol–water partition coefficient (Wildman–Crippen LogP) is 3.50. The molecule has 3 rings (SSSR count). The number of aryl methyl sites for hydroxylation is 2. The molecule has 0 atom stereocenters. The van der Waals surface area contributed by atoms with Gasteiger partial charge in [-0.25, -0.2) is 4.98 Å². The Morgan fingerprint density at radius 2 is 2.04 bits per heavy atom. The van der Waals surface area contributed by atoms with E-state index in [2.05, 4.69) is 26.2 Å². The molecule has 0 aliphatic heterocycles. The quantitative estimate of drug-likeness (QED) is 0.747. The Hall–Kier alpha value is -2.47. The van der Waals surface area contributed by atoms with Crippen molar-refractivity contribution in [3.8, 4) is 0 Å². The first kappa shape index (κ1) is 16.4. The highest BCUT2D eigenvalue weighted by atomic mass is 79.9. The molecule has 0 bridgehead atoms. The first-order valence-corrected chi connectivity index (χ1v) is 8.34. The Bertz CT molecular complexity index is 966. The largest absolute Gasteiger partial charge is 0.326 e. The molecule has 2 aromatic carbocycles. The number of nitrogens with one attached hydrogen (secondary N) is 1. The lowest BCUT2D eigenvalue weighted by atomic mass is 10.2. The molecule has 0 saturated carbocycles. The fourth-order valence-electron chi connectivity index (χ4n) is 2.43. The summed E-state index contributed by atoms with van der Waals surface area (Å²) < 4.78 is 2.46. The molecular formula is C18H16BrN3O2. The number of halogens is 1. The lowest BCUT2D eigenvalue weighted by Gasteiger charge is -2.09. The van der Waals surface area contributed by atoms with Gasteiger partial charge in [0.05, 0.1) is 17.2 Å². The number of carbonyl (C=O) groups excluding carboxylic acids is 1. The van der Waals surface area contributed by atoms with Crippen LogP contribution in [0, 0.1) is 6.92 Å². The van der Waals surface area contributed by atoms with Gasteiger partial charge in [0.2, 0.25) is 5.91 Å². The van der Waals surface area contributed by atoms with Gasteiger partial charge >= 0.3 is 0 Å². The van der Waals surface area contributed by atoms with Crippen LogP contribution in [0.5, 0.6) is 0 Å². The number of hydrogen-bond donors (Lipinski definition) is 1. The topological polar surface area (TPSA) is 64.0 Å². The highest BCUT2D eigenvalue weighted by Gasteiger charge is 2.07. The zero-order valence-corrected chi connectivity index (χ0v) is 14.7. The molecule has 0 radical (unpaired) electrons. The van der Waals surface area contributed by atoms with Crippen LogP contribution in [-0.4, -0.2) is 15.5 Å². The van der Waals surface area contributed by atoms with Crippen LogP contribution in [0.25, 0.3) is 10.9 Å². The molecule has 0 aliphatic carbocycles. The van der Waals surface area contributed by atoms with Crippen molar-refractivity contribution in [3.63, 3.8) is 0 Å². The Morgan fingerprint density at radius 3 is 2.83 bits per heavy atom. The number of hydrogen-bond acceptors (Lipinski definition) is 3. The van der Waals surface area contributed by atoms with E-state index in [9.17, 15) is 9.59 Å². The van der Waals surface area contributed by atoms with Crippen LogP contribution in [0.3, 0.4) is 0 Å². The van der Waals surface area contributed by atoms with Crippen molar-refractivity contribution in [2.45, 2.75) is 19.9 Å². The highest BCUT2D eigenvalue weighted by molar-refractivity contribution is 9.10. The van der Waals surface area contributed by atoms with Gasteiger partial charge in [-0.1, -0.05) is 28.1 Å². The molecule has 0 saturated heterocycles. The normalized spacial score (nSPS) is 10.8. The SMILES string of the molecule is Cc1cc(NC(=O)CCn2cnc3ccccc3c2=O)ccc1Br.